The first-order valence-corrected chi connectivity index (χ1v) is 11.2. The van der Waals surface area contributed by atoms with E-state index in [1.807, 2.05) is 24.3 Å². The van der Waals surface area contributed by atoms with Crippen LogP contribution in [0.1, 0.15) is 24.8 Å². The number of methoxy groups -OCH3 is 2. The molecule has 1 aliphatic carbocycles. The van der Waals surface area contributed by atoms with Crippen molar-refractivity contribution < 1.29 is 23.9 Å². The minimum Gasteiger partial charge on any atom is -0.495 e. The number of amides is 3. The predicted molar refractivity (Wildman–Crippen MR) is 125 cm³/mol. The molecule has 0 bridgehead atoms. The molecule has 3 amide bonds. The van der Waals surface area contributed by atoms with Crippen molar-refractivity contribution in [3.05, 3.63) is 47.0 Å². The second-order valence-corrected chi connectivity index (χ2v) is 8.65. The molecule has 174 valence electrons. The summed E-state index contributed by atoms with van der Waals surface area (Å²) in [7, 11) is 3.00. The summed E-state index contributed by atoms with van der Waals surface area (Å²) in [4.78, 5) is 38.8. The Morgan fingerprint density at radius 3 is 2.36 bits per heavy atom. The Balaban J connectivity index is 1.35. The number of anilines is 2. The van der Waals surface area contributed by atoms with E-state index in [4.69, 9.17) is 21.1 Å². The van der Waals surface area contributed by atoms with E-state index < -0.39 is 5.92 Å². The molecule has 0 radical (unpaired) electrons. The number of benzene rings is 2. The van der Waals surface area contributed by atoms with E-state index in [0.717, 1.165) is 24.1 Å². The zero-order valence-corrected chi connectivity index (χ0v) is 19.3. The molecule has 2 fully saturated rings. The van der Waals surface area contributed by atoms with Crippen LogP contribution in [0.3, 0.4) is 0 Å². The number of nitrogens with one attached hydrogen (secondary N) is 2. The fraction of sp³-hybridized carbons (Fsp3) is 0.375. The van der Waals surface area contributed by atoms with Crippen molar-refractivity contribution in [2.75, 3.05) is 31.0 Å². The first-order valence-electron chi connectivity index (χ1n) is 10.8. The third-order valence-electron chi connectivity index (χ3n) is 5.88. The molecule has 0 spiro atoms. The van der Waals surface area contributed by atoms with Crippen LogP contribution in [0.5, 0.6) is 11.5 Å². The normalized spacial score (nSPS) is 17.6. The highest BCUT2D eigenvalue weighted by molar-refractivity contribution is 6.32. The van der Waals surface area contributed by atoms with Crippen LogP contribution in [0.4, 0.5) is 11.4 Å². The lowest BCUT2D eigenvalue weighted by atomic mass is 10.1. The molecule has 1 atom stereocenters. The molecule has 2 N–H and O–H groups in total. The van der Waals surface area contributed by atoms with Crippen molar-refractivity contribution in [1.29, 1.82) is 0 Å². The largest absolute Gasteiger partial charge is 0.495 e. The van der Waals surface area contributed by atoms with E-state index in [1.165, 1.54) is 19.1 Å². The van der Waals surface area contributed by atoms with Crippen LogP contribution in [-0.4, -0.2) is 38.5 Å². The smallest absolute Gasteiger partial charge is 0.227 e. The number of nitrogens with zero attached hydrogens (tertiary/aromatic N) is 1. The van der Waals surface area contributed by atoms with Crippen LogP contribution in [0.15, 0.2) is 36.4 Å². The van der Waals surface area contributed by atoms with Gasteiger partial charge in [-0.15, -0.1) is 0 Å². The summed E-state index contributed by atoms with van der Waals surface area (Å²) in [6, 6.07) is 10.6. The maximum Gasteiger partial charge on any atom is 0.227 e. The van der Waals surface area contributed by atoms with Crippen molar-refractivity contribution in [1.82, 2.24) is 5.32 Å². The summed E-state index contributed by atoms with van der Waals surface area (Å²) in [6.07, 6.45) is 2.01. The van der Waals surface area contributed by atoms with Crippen LogP contribution in [0.25, 0.3) is 0 Å². The molecular weight excluding hydrogens is 446 g/mol. The molecule has 2 aromatic rings. The van der Waals surface area contributed by atoms with E-state index >= 15 is 0 Å². The summed E-state index contributed by atoms with van der Waals surface area (Å²) < 4.78 is 10.6. The number of ether oxygens (including phenoxy) is 2. The minimum absolute atomic E-state index is 0.0567. The van der Waals surface area contributed by atoms with E-state index in [0.29, 0.717) is 28.8 Å². The maximum atomic E-state index is 12.7. The van der Waals surface area contributed by atoms with Crippen LogP contribution in [-0.2, 0) is 20.9 Å². The van der Waals surface area contributed by atoms with Gasteiger partial charge in [0.05, 0.1) is 30.8 Å². The summed E-state index contributed by atoms with van der Waals surface area (Å²) in [5, 5.41) is 6.14. The Hall–Kier alpha value is -3.26. The molecule has 8 nitrogen and oxygen atoms in total. The fourth-order valence-corrected chi connectivity index (χ4v) is 4.04. The van der Waals surface area contributed by atoms with Gasteiger partial charge in [-0.3, -0.25) is 14.4 Å². The molecular formula is C24H26ClN3O5. The lowest BCUT2D eigenvalue weighted by Gasteiger charge is -2.21. The molecule has 1 unspecified atom stereocenters. The zero-order valence-electron chi connectivity index (χ0n) is 18.5. The SMILES string of the molecule is COc1cc(OC)c(N2CC(C(=O)NCc3ccc(NC(=O)C4CC4)cc3)CC2=O)cc1Cl. The van der Waals surface area contributed by atoms with Crippen molar-refractivity contribution in [2.24, 2.45) is 11.8 Å². The second-order valence-electron chi connectivity index (χ2n) is 8.24. The number of hydrogen-bond donors (Lipinski definition) is 2. The van der Waals surface area contributed by atoms with Gasteiger partial charge >= 0.3 is 0 Å². The van der Waals surface area contributed by atoms with E-state index in [9.17, 15) is 14.4 Å². The van der Waals surface area contributed by atoms with Crippen LogP contribution >= 0.6 is 11.6 Å². The molecule has 33 heavy (non-hydrogen) atoms. The first-order chi connectivity index (χ1) is 15.9. The van der Waals surface area contributed by atoms with E-state index in [2.05, 4.69) is 10.6 Å². The van der Waals surface area contributed by atoms with Gasteiger partial charge in [0.15, 0.2) is 0 Å². The number of carbonyl (C=O) groups excluding carboxylic acids is 3. The lowest BCUT2D eigenvalue weighted by Crippen LogP contribution is -2.32. The monoisotopic (exact) mass is 471 g/mol. The molecule has 0 aromatic heterocycles. The Morgan fingerprint density at radius 1 is 1.03 bits per heavy atom. The van der Waals surface area contributed by atoms with Gasteiger partial charge in [-0.05, 0) is 36.6 Å². The molecule has 1 saturated heterocycles. The average Bonchev–Trinajstić information content (AvgIpc) is 3.60. The minimum atomic E-state index is -0.486. The van der Waals surface area contributed by atoms with Gasteiger partial charge in [0.2, 0.25) is 17.7 Å². The molecule has 1 aliphatic heterocycles. The van der Waals surface area contributed by atoms with Gasteiger partial charge in [0.25, 0.3) is 0 Å². The van der Waals surface area contributed by atoms with Crippen LogP contribution in [0, 0.1) is 11.8 Å². The number of hydrogen-bond acceptors (Lipinski definition) is 5. The molecule has 2 aromatic carbocycles. The lowest BCUT2D eigenvalue weighted by molar-refractivity contribution is -0.126. The standard InChI is InChI=1S/C24H26ClN3O5/c1-32-20-11-21(33-2)19(10-18(20)25)28-13-16(9-22(28)29)23(30)26-12-14-3-7-17(8-4-14)27-24(31)15-5-6-15/h3-4,7-8,10-11,15-16H,5-6,9,12-13H2,1-2H3,(H,26,30)(H,27,31). The topological polar surface area (TPSA) is 97.0 Å². The Labute approximate surface area is 197 Å². The van der Waals surface area contributed by atoms with Crippen molar-refractivity contribution in [3.63, 3.8) is 0 Å². The molecule has 9 heteroatoms. The second kappa shape index (κ2) is 9.70. The predicted octanol–water partition coefficient (Wildman–Crippen LogP) is 3.38. The van der Waals surface area contributed by atoms with Gasteiger partial charge in [-0.2, -0.15) is 0 Å². The highest BCUT2D eigenvalue weighted by Crippen LogP contribution is 2.40. The molecule has 2 aliphatic rings. The fourth-order valence-electron chi connectivity index (χ4n) is 3.80. The number of carbonyl (C=O) groups is 3. The molecule has 4 rings (SSSR count). The summed E-state index contributed by atoms with van der Waals surface area (Å²) in [6.45, 7) is 0.563. The highest BCUT2D eigenvalue weighted by Gasteiger charge is 2.36. The Bertz CT molecular complexity index is 1070. The number of rotatable bonds is 8. The van der Waals surface area contributed by atoms with Gasteiger partial charge < -0.3 is 25.0 Å². The van der Waals surface area contributed by atoms with Crippen LogP contribution in [0.2, 0.25) is 5.02 Å². The first kappa shape index (κ1) is 22.9. The quantitative estimate of drug-likeness (QED) is 0.615. The highest BCUT2D eigenvalue weighted by atomic mass is 35.5. The number of halogens is 1. The maximum absolute atomic E-state index is 12.7. The van der Waals surface area contributed by atoms with Gasteiger partial charge in [-0.25, -0.2) is 0 Å². The van der Waals surface area contributed by atoms with Crippen LogP contribution < -0.4 is 25.0 Å². The summed E-state index contributed by atoms with van der Waals surface area (Å²) in [5.41, 5.74) is 2.15. The van der Waals surface area contributed by atoms with E-state index in [-0.39, 0.29) is 36.6 Å². The van der Waals surface area contributed by atoms with Gasteiger partial charge in [0.1, 0.15) is 11.5 Å². The Kier molecular flexibility index (Phi) is 6.74. The van der Waals surface area contributed by atoms with Crippen molar-refractivity contribution in [3.8, 4) is 11.5 Å². The summed E-state index contributed by atoms with van der Waals surface area (Å²) >= 11 is 6.24. The van der Waals surface area contributed by atoms with Crippen molar-refractivity contribution in [2.45, 2.75) is 25.8 Å². The average molecular weight is 472 g/mol. The third-order valence-corrected chi connectivity index (χ3v) is 6.17. The van der Waals surface area contributed by atoms with Crippen molar-refractivity contribution >= 4 is 40.7 Å². The zero-order chi connectivity index (χ0) is 23.5. The molecule has 1 saturated carbocycles. The third kappa shape index (κ3) is 5.22. The summed E-state index contributed by atoms with van der Waals surface area (Å²) in [5.74, 6) is 0.227. The Morgan fingerprint density at radius 2 is 1.73 bits per heavy atom. The van der Waals surface area contributed by atoms with Gasteiger partial charge in [0, 0.05) is 37.2 Å². The van der Waals surface area contributed by atoms with Gasteiger partial charge in [-0.1, -0.05) is 23.7 Å². The van der Waals surface area contributed by atoms with E-state index in [1.54, 1.807) is 12.1 Å². The molecule has 1 heterocycles.